The number of esters is 2. The van der Waals surface area contributed by atoms with Crippen molar-refractivity contribution < 1.29 is 28.2 Å². The van der Waals surface area contributed by atoms with Gasteiger partial charge in [0.2, 0.25) is 5.91 Å². The van der Waals surface area contributed by atoms with Gasteiger partial charge in [-0.2, -0.15) is 0 Å². The van der Waals surface area contributed by atoms with Crippen LogP contribution < -0.4 is 5.73 Å². The molecule has 2 aliphatic heterocycles. The molecule has 1 aromatic rings. The highest BCUT2D eigenvalue weighted by Gasteiger charge is 2.50. The summed E-state index contributed by atoms with van der Waals surface area (Å²) in [5.74, 6) is -4.34. The zero-order valence-corrected chi connectivity index (χ0v) is 18.1. The Bertz CT molecular complexity index is 973. The second-order valence-corrected chi connectivity index (χ2v) is 8.20. The van der Waals surface area contributed by atoms with Crippen molar-refractivity contribution >= 4 is 41.2 Å². The van der Waals surface area contributed by atoms with Crippen LogP contribution in [0.5, 0.6) is 0 Å². The van der Waals surface area contributed by atoms with E-state index in [1.807, 2.05) is 0 Å². The Morgan fingerprint density at radius 2 is 1.80 bits per heavy atom. The zero-order valence-electron chi connectivity index (χ0n) is 16.5. The first-order chi connectivity index (χ1) is 14.2. The summed E-state index contributed by atoms with van der Waals surface area (Å²) in [7, 11) is 0. The number of hydrogen-bond acceptors (Lipinski definition) is 7. The Hall–Kier alpha value is -2.52. The molecule has 0 saturated carbocycles. The van der Waals surface area contributed by atoms with Crippen LogP contribution in [0.2, 0.25) is 5.02 Å². The van der Waals surface area contributed by atoms with E-state index in [-0.39, 0.29) is 45.8 Å². The first-order valence-corrected chi connectivity index (χ1v) is 10.5. The van der Waals surface area contributed by atoms with Gasteiger partial charge in [-0.1, -0.05) is 29.4 Å². The normalized spacial score (nSPS) is 21.1. The minimum atomic E-state index is -1.30. The zero-order chi connectivity index (χ0) is 22.2. The van der Waals surface area contributed by atoms with Crippen LogP contribution in [0.15, 0.2) is 40.2 Å². The lowest BCUT2D eigenvalue weighted by Crippen LogP contribution is -2.40. The van der Waals surface area contributed by atoms with E-state index in [0.29, 0.717) is 0 Å². The third kappa shape index (κ3) is 3.56. The van der Waals surface area contributed by atoms with Crippen molar-refractivity contribution in [2.24, 2.45) is 5.73 Å². The largest absolute Gasteiger partial charge is 0.463 e. The van der Waals surface area contributed by atoms with Crippen LogP contribution in [0.4, 0.5) is 4.39 Å². The van der Waals surface area contributed by atoms with E-state index >= 15 is 0 Å². The van der Waals surface area contributed by atoms with Crippen LogP contribution in [0.25, 0.3) is 0 Å². The number of amides is 1. The van der Waals surface area contributed by atoms with Crippen molar-refractivity contribution in [1.82, 2.24) is 4.90 Å². The number of carbonyl (C=O) groups is 3. The molecule has 0 spiro atoms. The first kappa shape index (κ1) is 22.2. The Morgan fingerprint density at radius 1 is 1.20 bits per heavy atom. The maximum absolute atomic E-state index is 14.9. The van der Waals surface area contributed by atoms with Crippen LogP contribution >= 0.6 is 23.4 Å². The Kier molecular flexibility index (Phi) is 6.42. The number of nitrogens with two attached hydrogens (primary N) is 1. The molecule has 2 heterocycles. The highest BCUT2D eigenvalue weighted by Crippen LogP contribution is 2.51. The third-order valence-corrected chi connectivity index (χ3v) is 6.17. The van der Waals surface area contributed by atoms with Gasteiger partial charge in [-0.15, -0.1) is 0 Å². The molecule has 30 heavy (non-hydrogen) atoms. The van der Waals surface area contributed by atoms with Gasteiger partial charge in [0.1, 0.15) is 11.6 Å². The fourth-order valence-corrected chi connectivity index (χ4v) is 4.86. The average Bonchev–Trinajstić information content (AvgIpc) is 2.97. The molecule has 0 aromatic heterocycles. The van der Waals surface area contributed by atoms with E-state index in [0.717, 1.165) is 22.7 Å². The standard InChI is InChI=1S/C20H20ClFN2O5S/c1-4-28-19(26)14-13(12-10(21)7-6-8-11(12)22)15(20(27)29-5-2)18-24(16(14)23)17(25)9(3)30-18/h6-9,13H,4-5,23H2,1-3H3/t9-,13-/m1/s1. The molecule has 1 aromatic carbocycles. The molecule has 0 radical (unpaired) electrons. The molecule has 0 unspecified atom stereocenters. The highest BCUT2D eigenvalue weighted by molar-refractivity contribution is 8.04. The molecule has 0 bridgehead atoms. The van der Waals surface area contributed by atoms with Gasteiger partial charge in [-0.05, 0) is 32.9 Å². The summed E-state index contributed by atoms with van der Waals surface area (Å²) >= 11 is 7.37. The van der Waals surface area contributed by atoms with E-state index < -0.39 is 34.8 Å². The molecule has 160 valence electrons. The molecule has 1 fully saturated rings. The van der Waals surface area contributed by atoms with Gasteiger partial charge in [-0.25, -0.2) is 14.0 Å². The molecule has 1 saturated heterocycles. The summed E-state index contributed by atoms with van der Waals surface area (Å²) in [6.45, 7) is 4.90. The number of ether oxygens (including phenoxy) is 2. The lowest BCUT2D eigenvalue weighted by Gasteiger charge is -2.33. The molecule has 2 aliphatic rings. The molecule has 2 atom stereocenters. The minimum absolute atomic E-state index is 0.00665. The molecule has 3 rings (SSSR count). The summed E-state index contributed by atoms with van der Waals surface area (Å²) in [5, 5.41) is -0.380. The van der Waals surface area contributed by atoms with Crippen LogP contribution in [0.3, 0.4) is 0 Å². The Balaban J connectivity index is 2.37. The predicted molar refractivity (Wildman–Crippen MR) is 110 cm³/mol. The van der Waals surface area contributed by atoms with Gasteiger partial charge in [-0.3, -0.25) is 9.69 Å². The predicted octanol–water partition coefficient (Wildman–Crippen LogP) is 3.05. The second kappa shape index (κ2) is 8.69. The fraction of sp³-hybridized carbons (Fsp3) is 0.350. The highest BCUT2D eigenvalue weighted by atomic mass is 35.5. The van der Waals surface area contributed by atoms with Crippen LogP contribution in [-0.4, -0.2) is 41.2 Å². The van der Waals surface area contributed by atoms with Crippen molar-refractivity contribution in [2.45, 2.75) is 31.9 Å². The van der Waals surface area contributed by atoms with Gasteiger partial charge in [0.15, 0.2) is 0 Å². The quantitative estimate of drug-likeness (QED) is 0.682. The van der Waals surface area contributed by atoms with Gasteiger partial charge in [0.05, 0.1) is 40.6 Å². The number of hydrogen-bond donors (Lipinski definition) is 1. The summed E-state index contributed by atoms with van der Waals surface area (Å²) in [6, 6.07) is 4.00. The molecule has 2 N–H and O–H groups in total. The average molecular weight is 455 g/mol. The van der Waals surface area contributed by atoms with Crippen molar-refractivity contribution in [3.63, 3.8) is 0 Å². The van der Waals surface area contributed by atoms with Gasteiger partial charge in [0, 0.05) is 10.6 Å². The molecule has 7 nitrogen and oxygen atoms in total. The third-order valence-electron chi connectivity index (χ3n) is 4.66. The molecular weight excluding hydrogens is 435 g/mol. The second-order valence-electron chi connectivity index (χ2n) is 6.46. The van der Waals surface area contributed by atoms with E-state index in [1.165, 1.54) is 12.1 Å². The smallest absolute Gasteiger partial charge is 0.338 e. The van der Waals surface area contributed by atoms with Crippen LogP contribution in [0, 0.1) is 5.82 Å². The molecule has 1 amide bonds. The maximum Gasteiger partial charge on any atom is 0.338 e. The lowest BCUT2D eigenvalue weighted by molar-refractivity contribution is -0.139. The monoisotopic (exact) mass is 454 g/mol. The SMILES string of the molecule is CCOC(=O)C1=C(N)N2C(=O)[C@@H](C)SC2=C(C(=O)OCC)[C@@H]1c1c(F)cccc1Cl. The summed E-state index contributed by atoms with van der Waals surface area (Å²) < 4.78 is 25.2. The van der Waals surface area contributed by atoms with Crippen molar-refractivity contribution in [2.75, 3.05) is 13.2 Å². The van der Waals surface area contributed by atoms with Gasteiger partial charge < -0.3 is 15.2 Å². The fourth-order valence-electron chi connectivity index (χ4n) is 3.42. The summed E-state index contributed by atoms with van der Waals surface area (Å²) in [6.07, 6.45) is 0. The number of benzene rings is 1. The van der Waals surface area contributed by atoms with Crippen molar-refractivity contribution in [3.05, 3.63) is 56.6 Å². The summed E-state index contributed by atoms with van der Waals surface area (Å²) in [4.78, 5) is 39.7. The van der Waals surface area contributed by atoms with Gasteiger partial charge in [0.25, 0.3) is 0 Å². The van der Waals surface area contributed by atoms with Crippen molar-refractivity contribution in [3.8, 4) is 0 Å². The number of halogens is 2. The van der Waals surface area contributed by atoms with Crippen LogP contribution in [0.1, 0.15) is 32.3 Å². The Morgan fingerprint density at radius 3 is 2.37 bits per heavy atom. The Labute approximate surface area is 182 Å². The number of rotatable bonds is 5. The van der Waals surface area contributed by atoms with E-state index in [9.17, 15) is 18.8 Å². The van der Waals surface area contributed by atoms with E-state index in [4.69, 9.17) is 26.8 Å². The van der Waals surface area contributed by atoms with Gasteiger partial charge >= 0.3 is 11.9 Å². The van der Waals surface area contributed by atoms with Crippen LogP contribution in [-0.2, 0) is 23.9 Å². The van der Waals surface area contributed by atoms with Crippen molar-refractivity contribution in [1.29, 1.82) is 0 Å². The minimum Gasteiger partial charge on any atom is -0.463 e. The van der Waals surface area contributed by atoms with E-state index in [1.54, 1.807) is 20.8 Å². The molecule has 10 heteroatoms. The molecular formula is C20H20ClFN2O5S. The number of fused-ring (bicyclic) bond motifs is 1. The first-order valence-electron chi connectivity index (χ1n) is 9.27. The number of nitrogens with zero attached hydrogens (tertiary/aromatic N) is 1. The number of thioether (sulfide) groups is 1. The number of carbonyl (C=O) groups excluding carboxylic acids is 3. The summed E-state index contributed by atoms with van der Waals surface area (Å²) in [5.41, 5.74) is 5.80. The van der Waals surface area contributed by atoms with E-state index in [2.05, 4.69) is 0 Å². The molecule has 0 aliphatic carbocycles. The lowest BCUT2D eigenvalue weighted by atomic mass is 9.82. The topological polar surface area (TPSA) is 98.9 Å². The maximum atomic E-state index is 14.9.